The monoisotopic (exact) mass is 216 g/mol. The maximum Gasteiger partial charge on any atom is 0.312 e. The van der Waals surface area contributed by atoms with Gasteiger partial charge in [-0.05, 0) is 6.42 Å². The number of aliphatic hydroxyl groups is 2. The van der Waals surface area contributed by atoms with E-state index in [9.17, 15) is 9.90 Å². The Bertz CT molecular complexity index is 205. The van der Waals surface area contributed by atoms with E-state index in [1.165, 1.54) is 0 Å². The van der Waals surface area contributed by atoms with Gasteiger partial charge < -0.3 is 14.9 Å². The van der Waals surface area contributed by atoms with Gasteiger partial charge in [-0.25, -0.2) is 0 Å². The SMILES string of the molecule is CCCCC[C@H](O)[C@H]1C[C@@H](CO)OC1=O. The molecule has 0 unspecified atom stereocenters. The number of hydrogen-bond acceptors (Lipinski definition) is 4. The molecule has 0 amide bonds. The van der Waals surface area contributed by atoms with Gasteiger partial charge in [0.05, 0.1) is 18.6 Å². The zero-order valence-electron chi connectivity index (χ0n) is 9.19. The summed E-state index contributed by atoms with van der Waals surface area (Å²) < 4.78 is 4.90. The molecule has 1 aliphatic heterocycles. The Morgan fingerprint density at radius 2 is 2.27 bits per heavy atom. The number of rotatable bonds is 6. The normalized spacial score (nSPS) is 27.8. The predicted octanol–water partition coefficient (Wildman–Crippen LogP) is 0.852. The predicted molar refractivity (Wildman–Crippen MR) is 55.2 cm³/mol. The number of esters is 1. The van der Waals surface area contributed by atoms with Crippen molar-refractivity contribution in [1.29, 1.82) is 0 Å². The van der Waals surface area contributed by atoms with E-state index in [-0.39, 0.29) is 12.6 Å². The van der Waals surface area contributed by atoms with Crippen LogP contribution in [0.5, 0.6) is 0 Å². The summed E-state index contributed by atoms with van der Waals surface area (Å²) in [5, 5.41) is 18.6. The van der Waals surface area contributed by atoms with Gasteiger partial charge in [0.2, 0.25) is 0 Å². The van der Waals surface area contributed by atoms with E-state index in [4.69, 9.17) is 9.84 Å². The third-order valence-electron chi connectivity index (χ3n) is 2.87. The average molecular weight is 216 g/mol. The number of unbranched alkanes of at least 4 members (excludes halogenated alkanes) is 2. The Kier molecular flexibility index (Phi) is 5.05. The van der Waals surface area contributed by atoms with Gasteiger partial charge in [-0.2, -0.15) is 0 Å². The van der Waals surface area contributed by atoms with E-state index in [2.05, 4.69) is 6.92 Å². The largest absolute Gasteiger partial charge is 0.460 e. The molecule has 0 radical (unpaired) electrons. The smallest absolute Gasteiger partial charge is 0.312 e. The van der Waals surface area contributed by atoms with E-state index in [1.54, 1.807) is 0 Å². The minimum atomic E-state index is -0.611. The lowest BCUT2D eigenvalue weighted by atomic mass is 9.94. The number of hydrogen-bond donors (Lipinski definition) is 2. The molecule has 15 heavy (non-hydrogen) atoms. The molecule has 0 saturated carbocycles. The van der Waals surface area contributed by atoms with Crippen molar-refractivity contribution >= 4 is 5.97 Å². The molecule has 0 aliphatic carbocycles. The fraction of sp³-hybridized carbons (Fsp3) is 0.909. The van der Waals surface area contributed by atoms with Crippen molar-refractivity contribution < 1.29 is 19.7 Å². The van der Waals surface area contributed by atoms with Crippen LogP contribution in [0.4, 0.5) is 0 Å². The van der Waals surface area contributed by atoms with Gasteiger partial charge in [-0.15, -0.1) is 0 Å². The minimum absolute atomic E-state index is 0.149. The van der Waals surface area contributed by atoms with Crippen molar-refractivity contribution in [2.45, 2.75) is 51.2 Å². The zero-order chi connectivity index (χ0) is 11.3. The Hall–Kier alpha value is -0.610. The van der Waals surface area contributed by atoms with Gasteiger partial charge in [0.1, 0.15) is 6.10 Å². The van der Waals surface area contributed by atoms with Crippen LogP contribution < -0.4 is 0 Å². The fourth-order valence-corrected chi connectivity index (χ4v) is 1.91. The molecule has 0 aromatic heterocycles. The molecule has 3 atom stereocenters. The molecule has 0 aromatic carbocycles. The number of ether oxygens (including phenoxy) is 1. The van der Waals surface area contributed by atoms with Crippen LogP contribution in [0.25, 0.3) is 0 Å². The van der Waals surface area contributed by atoms with Crippen molar-refractivity contribution in [2.24, 2.45) is 5.92 Å². The van der Waals surface area contributed by atoms with Crippen LogP contribution in [-0.4, -0.2) is 35.0 Å². The quantitative estimate of drug-likeness (QED) is 0.510. The molecule has 4 nitrogen and oxygen atoms in total. The van der Waals surface area contributed by atoms with Crippen molar-refractivity contribution in [3.8, 4) is 0 Å². The average Bonchev–Trinajstić information content (AvgIpc) is 2.60. The molecular weight excluding hydrogens is 196 g/mol. The molecule has 1 aliphatic rings. The first-order valence-electron chi connectivity index (χ1n) is 5.68. The Balaban J connectivity index is 2.32. The van der Waals surface area contributed by atoms with E-state index in [0.29, 0.717) is 12.8 Å². The Morgan fingerprint density at radius 1 is 1.53 bits per heavy atom. The summed E-state index contributed by atoms with van der Waals surface area (Å²) in [5.74, 6) is -0.794. The van der Waals surface area contributed by atoms with Gasteiger partial charge in [-0.3, -0.25) is 4.79 Å². The topological polar surface area (TPSA) is 66.8 Å². The van der Waals surface area contributed by atoms with Crippen LogP contribution in [0.1, 0.15) is 39.0 Å². The van der Waals surface area contributed by atoms with Gasteiger partial charge in [-0.1, -0.05) is 26.2 Å². The lowest BCUT2D eigenvalue weighted by molar-refractivity contribution is -0.147. The summed E-state index contributed by atoms with van der Waals surface area (Å²) in [4.78, 5) is 11.3. The molecule has 88 valence electrons. The number of carbonyl (C=O) groups is 1. The third kappa shape index (κ3) is 3.47. The summed E-state index contributed by atoms with van der Waals surface area (Å²) in [5.41, 5.74) is 0. The first kappa shape index (κ1) is 12.5. The maximum atomic E-state index is 11.3. The van der Waals surface area contributed by atoms with Crippen molar-refractivity contribution in [2.75, 3.05) is 6.61 Å². The van der Waals surface area contributed by atoms with Gasteiger partial charge >= 0.3 is 5.97 Å². The number of aliphatic hydroxyl groups excluding tert-OH is 2. The molecule has 4 heteroatoms. The molecule has 1 heterocycles. The van der Waals surface area contributed by atoms with E-state index in [1.807, 2.05) is 0 Å². The lowest BCUT2D eigenvalue weighted by Crippen LogP contribution is -2.24. The van der Waals surface area contributed by atoms with Crippen LogP contribution >= 0.6 is 0 Å². The summed E-state index contributed by atoms with van der Waals surface area (Å²) >= 11 is 0. The molecule has 0 bridgehead atoms. The van der Waals surface area contributed by atoms with Crippen LogP contribution in [0.3, 0.4) is 0 Å². The minimum Gasteiger partial charge on any atom is -0.460 e. The maximum absolute atomic E-state index is 11.3. The lowest BCUT2D eigenvalue weighted by Gasteiger charge is -2.13. The summed E-state index contributed by atoms with van der Waals surface area (Å²) in [6, 6.07) is 0. The van der Waals surface area contributed by atoms with Crippen LogP contribution in [0, 0.1) is 5.92 Å². The molecule has 1 fully saturated rings. The van der Waals surface area contributed by atoms with Crippen LogP contribution in [0.15, 0.2) is 0 Å². The first-order valence-corrected chi connectivity index (χ1v) is 5.68. The summed E-state index contributed by atoms with van der Waals surface area (Å²) in [6.07, 6.45) is 3.17. The second kappa shape index (κ2) is 6.08. The van der Waals surface area contributed by atoms with Gasteiger partial charge in [0, 0.05) is 6.42 Å². The second-order valence-electron chi connectivity index (χ2n) is 4.15. The van der Waals surface area contributed by atoms with E-state index >= 15 is 0 Å². The van der Waals surface area contributed by atoms with E-state index in [0.717, 1.165) is 19.3 Å². The highest BCUT2D eigenvalue weighted by Gasteiger charge is 2.38. The van der Waals surface area contributed by atoms with Gasteiger partial charge in [0.15, 0.2) is 0 Å². The highest BCUT2D eigenvalue weighted by molar-refractivity contribution is 5.75. The Labute approximate surface area is 90.2 Å². The molecule has 2 N–H and O–H groups in total. The first-order chi connectivity index (χ1) is 7.19. The highest BCUT2D eigenvalue weighted by atomic mass is 16.6. The summed E-state index contributed by atoms with van der Waals surface area (Å²) in [6.45, 7) is 1.95. The molecule has 0 spiro atoms. The van der Waals surface area contributed by atoms with E-state index < -0.39 is 18.1 Å². The van der Waals surface area contributed by atoms with Crippen molar-refractivity contribution in [3.05, 3.63) is 0 Å². The van der Waals surface area contributed by atoms with Crippen LogP contribution in [-0.2, 0) is 9.53 Å². The van der Waals surface area contributed by atoms with Crippen LogP contribution in [0.2, 0.25) is 0 Å². The highest BCUT2D eigenvalue weighted by Crippen LogP contribution is 2.26. The van der Waals surface area contributed by atoms with Crippen molar-refractivity contribution in [1.82, 2.24) is 0 Å². The number of cyclic esters (lactones) is 1. The zero-order valence-corrected chi connectivity index (χ0v) is 9.19. The van der Waals surface area contributed by atoms with Crippen molar-refractivity contribution in [3.63, 3.8) is 0 Å². The Morgan fingerprint density at radius 3 is 2.80 bits per heavy atom. The summed E-state index contributed by atoms with van der Waals surface area (Å²) in [7, 11) is 0. The fourth-order valence-electron chi connectivity index (χ4n) is 1.91. The molecular formula is C11H20O4. The standard InChI is InChI=1S/C11H20O4/c1-2-3-4-5-10(13)9-6-8(7-12)15-11(9)14/h8-10,12-13H,2-7H2,1H3/t8-,9+,10-/m0/s1. The molecule has 0 aromatic rings. The third-order valence-corrected chi connectivity index (χ3v) is 2.87. The second-order valence-corrected chi connectivity index (χ2v) is 4.15. The molecule has 1 saturated heterocycles. The molecule has 1 rings (SSSR count). The number of carbonyl (C=O) groups excluding carboxylic acids is 1. The van der Waals surface area contributed by atoms with Gasteiger partial charge in [0.25, 0.3) is 0 Å².